The summed E-state index contributed by atoms with van der Waals surface area (Å²) in [5, 5.41) is 4.54. The lowest BCUT2D eigenvalue weighted by Crippen LogP contribution is -2.02. The highest BCUT2D eigenvalue weighted by Gasteiger charge is 2.08. The van der Waals surface area contributed by atoms with Crippen LogP contribution in [0.2, 0.25) is 0 Å². The van der Waals surface area contributed by atoms with Crippen molar-refractivity contribution in [3.63, 3.8) is 0 Å². The standard InChI is InChI=1S/C30H28N2O2S/c1-20-4-7-22(8-5-20)19-34-27-15-9-23(17-28(27)33-3)18-31-25-12-10-24(11-13-25)30-32-26-14-6-21(2)16-29(26)35-30/h4-17,31H,18-19H2,1-3H3. The van der Waals surface area contributed by atoms with Crippen LogP contribution in [-0.4, -0.2) is 12.1 Å². The van der Waals surface area contributed by atoms with E-state index in [4.69, 9.17) is 14.5 Å². The minimum atomic E-state index is 0.509. The molecule has 0 aliphatic carbocycles. The lowest BCUT2D eigenvalue weighted by Gasteiger charge is -2.13. The molecule has 4 nitrogen and oxygen atoms in total. The van der Waals surface area contributed by atoms with Gasteiger partial charge in [-0.25, -0.2) is 4.98 Å². The fourth-order valence-electron chi connectivity index (χ4n) is 3.88. The van der Waals surface area contributed by atoms with Crippen molar-refractivity contribution >= 4 is 27.2 Å². The Hall–Kier alpha value is -3.83. The molecule has 1 N–H and O–H groups in total. The van der Waals surface area contributed by atoms with Crippen molar-refractivity contribution in [2.45, 2.75) is 27.0 Å². The Morgan fingerprint density at radius 3 is 2.29 bits per heavy atom. The zero-order chi connectivity index (χ0) is 24.2. The molecule has 0 aliphatic heterocycles. The summed E-state index contributed by atoms with van der Waals surface area (Å²) >= 11 is 1.73. The van der Waals surface area contributed by atoms with Gasteiger partial charge in [0.2, 0.25) is 0 Å². The highest BCUT2D eigenvalue weighted by atomic mass is 32.1. The van der Waals surface area contributed by atoms with Crippen LogP contribution >= 0.6 is 11.3 Å². The van der Waals surface area contributed by atoms with Gasteiger partial charge in [0.1, 0.15) is 11.6 Å². The first-order valence-corrected chi connectivity index (χ1v) is 12.5. The van der Waals surface area contributed by atoms with Crippen molar-refractivity contribution in [2.24, 2.45) is 0 Å². The van der Waals surface area contributed by atoms with Crippen LogP contribution in [0, 0.1) is 13.8 Å². The molecule has 1 heterocycles. The SMILES string of the molecule is COc1cc(CNc2ccc(-c3nc4ccc(C)cc4s3)cc2)ccc1OCc1ccc(C)cc1. The molecule has 0 unspecified atom stereocenters. The Bertz CT molecular complexity index is 1440. The molecule has 0 aliphatic rings. The number of rotatable bonds is 8. The zero-order valence-corrected chi connectivity index (χ0v) is 21.0. The van der Waals surface area contributed by atoms with Gasteiger partial charge in [-0.05, 0) is 79.1 Å². The largest absolute Gasteiger partial charge is 0.493 e. The second-order valence-electron chi connectivity index (χ2n) is 8.68. The van der Waals surface area contributed by atoms with Crippen LogP contribution in [0.25, 0.3) is 20.8 Å². The first-order chi connectivity index (χ1) is 17.1. The molecular weight excluding hydrogens is 452 g/mol. The summed E-state index contributed by atoms with van der Waals surface area (Å²) in [6.45, 7) is 5.39. The van der Waals surface area contributed by atoms with E-state index in [0.717, 1.165) is 44.4 Å². The van der Waals surface area contributed by atoms with Gasteiger partial charge in [-0.3, -0.25) is 0 Å². The topological polar surface area (TPSA) is 43.4 Å². The van der Waals surface area contributed by atoms with Crippen molar-refractivity contribution < 1.29 is 9.47 Å². The second kappa shape index (κ2) is 10.2. The molecule has 0 fully saturated rings. The van der Waals surface area contributed by atoms with Gasteiger partial charge in [-0.1, -0.05) is 42.0 Å². The van der Waals surface area contributed by atoms with E-state index >= 15 is 0 Å². The second-order valence-corrected chi connectivity index (χ2v) is 9.71. The lowest BCUT2D eigenvalue weighted by molar-refractivity contribution is 0.284. The molecule has 0 saturated heterocycles. The van der Waals surface area contributed by atoms with Gasteiger partial charge in [0.15, 0.2) is 11.5 Å². The van der Waals surface area contributed by atoms with E-state index in [1.807, 2.05) is 12.1 Å². The number of nitrogens with zero attached hydrogens (tertiary/aromatic N) is 1. The summed E-state index contributed by atoms with van der Waals surface area (Å²) in [6.07, 6.45) is 0. The van der Waals surface area contributed by atoms with E-state index in [0.29, 0.717) is 13.2 Å². The molecule has 0 spiro atoms. The van der Waals surface area contributed by atoms with Gasteiger partial charge in [0, 0.05) is 17.8 Å². The van der Waals surface area contributed by atoms with Gasteiger partial charge < -0.3 is 14.8 Å². The average Bonchev–Trinajstić information content (AvgIpc) is 3.31. The zero-order valence-electron chi connectivity index (χ0n) is 20.2. The highest BCUT2D eigenvalue weighted by Crippen LogP contribution is 2.32. The number of nitrogens with one attached hydrogen (secondary N) is 1. The average molecular weight is 481 g/mol. The van der Waals surface area contributed by atoms with Crippen LogP contribution in [-0.2, 0) is 13.2 Å². The molecule has 0 amide bonds. The number of ether oxygens (including phenoxy) is 2. The smallest absolute Gasteiger partial charge is 0.161 e. The summed E-state index contributed by atoms with van der Waals surface area (Å²) in [4.78, 5) is 4.79. The fourth-order valence-corrected chi connectivity index (χ4v) is 4.95. The molecule has 0 saturated carbocycles. The summed E-state index contributed by atoms with van der Waals surface area (Å²) in [5.41, 5.74) is 8.00. The Labute approximate surface area is 210 Å². The Morgan fingerprint density at radius 1 is 0.771 bits per heavy atom. The molecule has 0 radical (unpaired) electrons. The third-order valence-electron chi connectivity index (χ3n) is 5.92. The van der Waals surface area contributed by atoms with Crippen LogP contribution in [0.15, 0.2) is 84.9 Å². The van der Waals surface area contributed by atoms with E-state index in [2.05, 4.69) is 92.0 Å². The Morgan fingerprint density at radius 2 is 1.51 bits per heavy atom. The molecule has 0 atom stereocenters. The van der Waals surface area contributed by atoms with E-state index in [9.17, 15) is 0 Å². The molecule has 1 aromatic heterocycles. The van der Waals surface area contributed by atoms with E-state index < -0.39 is 0 Å². The summed E-state index contributed by atoms with van der Waals surface area (Å²) < 4.78 is 12.8. The Kier molecular flexibility index (Phi) is 6.68. The maximum absolute atomic E-state index is 6.00. The first kappa shape index (κ1) is 22.9. The summed E-state index contributed by atoms with van der Waals surface area (Å²) in [5.74, 6) is 1.48. The number of hydrogen-bond acceptors (Lipinski definition) is 5. The third kappa shape index (κ3) is 5.47. The molecular formula is C30H28N2O2S. The van der Waals surface area contributed by atoms with Crippen LogP contribution in [0.3, 0.4) is 0 Å². The summed E-state index contributed by atoms with van der Waals surface area (Å²) in [7, 11) is 1.67. The molecule has 5 aromatic rings. The summed E-state index contributed by atoms with van der Waals surface area (Å²) in [6, 6.07) is 29.3. The quantitative estimate of drug-likeness (QED) is 0.246. The number of aromatic nitrogens is 1. The monoisotopic (exact) mass is 480 g/mol. The van der Waals surface area contributed by atoms with E-state index in [-0.39, 0.29) is 0 Å². The third-order valence-corrected chi connectivity index (χ3v) is 6.98. The van der Waals surface area contributed by atoms with Crippen molar-refractivity contribution in [3.05, 3.63) is 107 Å². The van der Waals surface area contributed by atoms with Crippen molar-refractivity contribution in [1.29, 1.82) is 0 Å². The number of methoxy groups -OCH3 is 1. The van der Waals surface area contributed by atoms with Crippen LogP contribution in [0.4, 0.5) is 5.69 Å². The van der Waals surface area contributed by atoms with Crippen molar-refractivity contribution in [1.82, 2.24) is 4.98 Å². The van der Waals surface area contributed by atoms with Gasteiger partial charge >= 0.3 is 0 Å². The van der Waals surface area contributed by atoms with Crippen LogP contribution < -0.4 is 14.8 Å². The number of aryl methyl sites for hydroxylation is 2. The minimum absolute atomic E-state index is 0.509. The Balaban J connectivity index is 1.22. The predicted octanol–water partition coefficient (Wildman–Crippen LogP) is 7.78. The maximum Gasteiger partial charge on any atom is 0.161 e. The number of thiazole rings is 1. The molecule has 5 rings (SSSR count). The number of fused-ring (bicyclic) bond motifs is 1. The molecule has 5 heteroatoms. The first-order valence-electron chi connectivity index (χ1n) is 11.6. The van der Waals surface area contributed by atoms with Crippen molar-refractivity contribution in [3.8, 4) is 22.1 Å². The molecule has 176 valence electrons. The van der Waals surface area contributed by atoms with E-state index in [1.54, 1.807) is 18.4 Å². The van der Waals surface area contributed by atoms with Crippen LogP contribution in [0.1, 0.15) is 22.3 Å². The van der Waals surface area contributed by atoms with Crippen molar-refractivity contribution in [2.75, 3.05) is 12.4 Å². The van der Waals surface area contributed by atoms with E-state index in [1.165, 1.54) is 15.8 Å². The maximum atomic E-state index is 6.00. The van der Waals surface area contributed by atoms with Gasteiger partial charge in [-0.2, -0.15) is 0 Å². The minimum Gasteiger partial charge on any atom is -0.493 e. The molecule has 0 bridgehead atoms. The van der Waals surface area contributed by atoms with Crippen LogP contribution in [0.5, 0.6) is 11.5 Å². The lowest BCUT2D eigenvalue weighted by atomic mass is 10.1. The fraction of sp³-hybridized carbons (Fsp3) is 0.167. The molecule has 4 aromatic carbocycles. The number of benzene rings is 4. The highest BCUT2D eigenvalue weighted by molar-refractivity contribution is 7.21. The number of anilines is 1. The van der Waals surface area contributed by atoms with Gasteiger partial charge in [0.05, 0.1) is 17.3 Å². The molecule has 35 heavy (non-hydrogen) atoms. The van der Waals surface area contributed by atoms with Gasteiger partial charge in [0.25, 0.3) is 0 Å². The van der Waals surface area contributed by atoms with Gasteiger partial charge in [-0.15, -0.1) is 11.3 Å². The number of hydrogen-bond donors (Lipinski definition) is 1. The normalized spacial score (nSPS) is 10.9. The predicted molar refractivity (Wildman–Crippen MR) is 146 cm³/mol.